The SMILES string of the molecule is Cc1cc(N=Nc2ccc([N+](=O)[O-])cn2)c(N)cc1N. The predicted molar refractivity (Wildman–Crippen MR) is 75.1 cm³/mol. The zero-order valence-electron chi connectivity index (χ0n) is 10.6. The molecule has 102 valence electrons. The third-order valence-electron chi connectivity index (χ3n) is 2.62. The molecule has 0 aliphatic heterocycles. The van der Waals surface area contributed by atoms with Gasteiger partial charge in [0.15, 0.2) is 5.82 Å². The average molecular weight is 272 g/mol. The molecule has 0 fully saturated rings. The first-order valence-corrected chi connectivity index (χ1v) is 5.65. The Bertz CT molecular complexity index is 681. The summed E-state index contributed by atoms with van der Waals surface area (Å²) in [5, 5.41) is 18.3. The molecule has 0 spiro atoms. The smallest absolute Gasteiger partial charge is 0.287 e. The monoisotopic (exact) mass is 272 g/mol. The molecule has 2 aromatic rings. The predicted octanol–water partition coefficient (Wildman–Crippen LogP) is 2.88. The van der Waals surface area contributed by atoms with E-state index < -0.39 is 4.92 Å². The normalized spacial score (nSPS) is 10.8. The van der Waals surface area contributed by atoms with Crippen molar-refractivity contribution in [1.82, 2.24) is 4.98 Å². The van der Waals surface area contributed by atoms with E-state index in [1.807, 2.05) is 6.92 Å². The first-order chi connectivity index (χ1) is 9.47. The highest BCUT2D eigenvalue weighted by atomic mass is 16.6. The lowest BCUT2D eigenvalue weighted by Gasteiger charge is -2.04. The zero-order chi connectivity index (χ0) is 14.7. The van der Waals surface area contributed by atoms with Crippen LogP contribution in [-0.4, -0.2) is 9.91 Å². The van der Waals surface area contributed by atoms with Gasteiger partial charge in [-0.2, -0.15) is 0 Å². The van der Waals surface area contributed by atoms with Gasteiger partial charge in [0.25, 0.3) is 5.69 Å². The number of pyridine rings is 1. The van der Waals surface area contributed by atoms with Crippen molar-refractivity contribution in [1.29, 1.82) is 0 Å². The highest BCUT2D eigenvalue weighted by Crippen LogP contribution is 2.28. The molecule has 0 atom stereocenters. The minimum atomic E-state index is -0.532. The molecule has 0 saturated heterocycles. The van der Waals surface area contributed by atoms with Crippen molar-refractivity contribution in [2.24, 2.45) is 10.2 Å². The maximum Gasteiger partial charge on any atom is 0.287 e. The van der Waals surface area contributed by atoms with Gasteiger partial charge < -0.3 is 11.5 Å². The Labute approximate surface area is 114 Å². The summed E-state index contributed by atoms with van der Waals surface area (Å²) >= 11 is 0. The van der Waals surface area contributed by atoms with E-state index in [1.54, 1.807) is 12.1 Å². The quantitative estimate of drug-likeness (QED) is 0.383. The number of hydrogen-bond acceptors (Lipinski definition) is 7. The number of nitro groups is 1. The van der Waals surface area contributed by atoms with Gasteiger partial charge in [0.2, 0.25) is 0 Å². The largest absolute Gasteiger partial charge is 0.398 e. The van der Waals surface area contributed by atoms with Crippen LogP contribution in [0.2, 0.25) is 0 Å². The van der Waals surface area contributed by atoms with Gasteiger partial charge in [-0.15, -0.1) is 10.2 Å². The highest BCUT2D eigenvalue weighted by Gasteiger charge is 2.05. The van der Waals surface area contributed by atoms with Crippen molar-refractivity contribution in [3.05, 3.63) is 46.1 Å². The van der Waals surface area contributed by atoms with Crippen LogP contribution in [0.25, 0.3) is 0 Å². The summed E-state index contributed by atoms with van der Waals surface area (Å²) in [6, 6.07) is 6.02. The molecule has 1 heterocycles. The van der Waals surface area contributed by atoms with E-state index in [4.69, 9.17) is 11.5 Å². The number of nitrogens with two attached hydrogens (primary N) is 2. The van der Waals surface area contributed by atoms with Crippen LogP contribution in [0.4, 0.5) is 28.6 Å². The molecule has 1 aromatic heterocycles. The number of nitrogen functional groups attached to an aromatic ring is 2. The van der Waals surface area contributed by atoms with Crippen molar-refractivity contribution in [2.45, 2.75) is 6.92 Å². The fourth-order valence-electron chi connectivity index (χ4n) is 1.46. The Kier molecular flexibility index (Phi) is 3.56. The van der Waals surface area contributed by atoms with Gasteiger partial charge in [-0.05, 0) is 30.7 Å². The number of benzene rings is 1. The standard InChI is InChI=1S/C12H12N6O2/c1-7-4-11(10(14)5-9(7)13)16-17-12-3-2-8(6-15-12)18(19)20/h2-6H,13-14H2,1H3. The molecule has 0 unspecified atom stereocenters. The Hall–Kier alpha value is -3.03. The third kappa shape index (κ3) is 2.86. The van der Waals surface area contributed by atoms with E-state index >= 15 is 0 Å². The molecular weight excluding hydrogens is 260 g/mol. The van der Waals surface area contributed by atoms with Gasteiger partial charge in [0, 0.05) is 11.8 Å². The van der Waals surface area contributed by atoms with Crippen molar-refractivity contribution < 1.29 is 4.92 Å². The minimum Gasteiger partial charge on any atom is -0.398 e. The summed E-state index contributed by atoms with van der Waals surface area (Å²) < 4.78 is 0. The third-order valence-corrected chi connectivity index (χ3v) is 2.62. The fraction of sp³-hybridized carbons (Fsp3) is 0.0833. The second-order valence-electron chi connectivity index (χ2n) is 4.10. The molecular formula is C12H12N6O2. The number of aryl methyl sites for hydroxylation is 1. The molecule has 0 aliphatic rings. The molecule has 20 heavy (non-hydrogen) atoms. The number of aromatic nitrogens is 1. The van der Waals surface area contributed by atoms with E-state index in [9.17, 15) is 10.1 Å². The molecule has 0 saturated carbocycles. The van der Waals surface area contributed by atoms with Crippen LogP contribution >= 0.6 is 0 Å². The van der Waals surface area contributed by atoms with E-state index in [1.165, 1.54) is 12.1 Å². The van der Waals surface area contributed by atoms with E-state index in [-0.39, 0.29) is 11.5 Å². The van der Waals surface area contributed by atoms with Crippen LogP contribution in [0.5, 0.6) is 0 Å². The van der Waals surface area contributed by atoms with Gasteiger partial charge in [0.1, 0.15) is 11.9 Å². The van der Waals surface area contributed by atoms with Gasteiger partial charge in [0.05, 0.1) is 10.6 Å². The van der Waals surface area contributed by atoms with Crippen LogP contribution in [0.15, 0.2) is 40.7 Å². The van der Waals surface area contributed by atoms with Crippen LogP contribution in [0, 0.1) is 17.0 Å². The molecule has 0 bridgehead atoms. The minimum absolute atomic E-state index is 0.105. The van der Waals surface area contributed by atoms with Crippen molar-refractivity contribution >= 4 is 28.6 Å². The number of hydrogen-bond donors (Lipinski definition) is 2. The summed E-state index contributed by atoms with van der Waals surface area (Å²) in [6.07, 6.45) is 1.12. The lowest BCUT2D eigenvalue weighted by molar-refractivity contribution is -0.385. The van der Waals surface area contributed by atoms with Gasteiger partial charge >= 0.3 is 0 Å². The first kappa shape index (κ1) is 13.4. The van der Waals surface area contributed by atoms with Crippen LogP contribution < -0.4 is 11.5 Å². The fourth-order valence-corrected chi connectivity index (χ4v) is 1.46. The zero-order valence-corrected chi connectivity index (χ0v) is 10.6. The number of anilines is 2. The van der Waals surface area contributed by atoms with Crippen molar-refractivity contribution in [3.63, 3.8) is 0 Å². The molecule has 0 radical (unpaired) electrons. The molecule has 0 aliphatic carbocycles. The highest BCUT2D eigenvalue weighted by molar-refractivity contribution is 5.70. The maximum atomic E-state index is 10.5. The molecule has 1 aromatic carbocycles. The molecule has 0 amide bonds. The van der Waals surface area contributed by atoms with E-state index in [0.29, 0.717) is 17.1 Å². The van der Waals surface area contributed by atoms with Gasteiger partial charge in [-0.25, -0.2) is 4.98 Å². The molecule has 2 rings (SSSR count). The van der Waals surface area contributed by atoms with Gasteiger partial charge in [-0.1, -0.05) is 0 Å². The van der Waals surface area contributed by atoms with Crippen molar-refractivity contribution in [3.8, 4) is 0 Å². The van der Waals surface area contributed by atoms with Crippen LogP contribution in [0.3, 0.4) is 0 Å². The maximum absolute atomic E-state index is 10.5. The Morgan fingerprint density at radius 2 is 1.95 bits per heavy atom. The molecule has 8 heteroatoms. The van der Waals surface area contributed by atoms with Crippen LogP contribution in [0.1, 0.15) is 5.56 Å². The summed E-state index contributed by atoms with van der Waals surface area (Å²) in [5.74, 6) is 0.254. The number of nitrogens with zero attached hydrogens (tertiary/aromatic N) is 4. The lowest BCUT2D eigenvalue weighted by atomic mass is 10.1. The summed E-state index contributed by atoms with van der Waals surface area (Å²) in [7, 11) is 0. The average Bonchev–Trinajstić information content (AvgIpc) is 2.42. The Morgan fingerprint density at radius 1 is 1.20 bits per heavy atom. The van der Waals surface area contributed by atoms with E-state index in [0.717, 1.165) is 11.8 Å². The van der Waals surface area contributed by atoms with Crippen molar-refractivity contribution in [2.75, 3.05) is 11.5 Å². The second kappa shape index (κ2) is 5.31. The Balaban J connectivity index is 2.25. The number of azo groups is 1. The van der Waals surface area contributed by atoms with Crippen LogP contribution in [-0.2, 0) is 0 Å². The molecule has 8 nitrogen and oxygen atoms in total. The first-order valence-electron chi connectivity index (χ1n) is 5.65. The summed E-state index contributed by atoms with van der Waals surface area (Å²) in [5.41, 5.74) is 13.7. The van der Waals surface area contributed by atoms with E-state index in [2.05, 4.69) is 15.2 Å². The Morgan fingerprint density at radius 3 is 2.55 bits per heavy atom. The summed E-state index contributed by atoms with van der Waals surface area (Å²) in [4.78, 5) is 13.8. The topological polar surface area (TPSA) is 133 Å². The summed E-state index contributed by atoms with van der Waals surface area (Å²) in [6.45, 7) is 1.83. The van der Waals surface area contributed by atoms with Gasteiger partial charge in [-0.3, -0.25) is 10.1 Å². The number of rotatable bonds is 3. The second-order valence-corrected chi connectivity index (χ2v) is 4.10. The molecule has 4 N–H and O–H groups in total. The lowest BCUT2D eigenvalue weighted by Crippen LogP contribution is -1.93.